The van der Waals surface area contributed by atoms with E-state index in [0.717, 1.165) is 32.1 Å². The van der Waals surface area contributed by atoms with Gasteiger partial charge in [0, 0.05) is 0 Å². The molecule has 0 heterocycles. The van der Waals surface area contributed by atoms with Gasteiger partial charge in [-0.3, -0.25) is 0 Å². The van der Waals surface area contributed by atoms with Crippen LogP contribution < -0.4 is 29.6 Å². The third-order valence-corrected chi connectivity index (χ3v) is 6.04. The van der Waals surface area contributed by atoms with Crippen LogP contribution in [0.15, 0.2) is 0 Å². The molecule has 146 valence electrons. The Morgan fingerprint density at radius 2 is 1.08 bits per heavy atom. The van der Waals surface area contributed by atoms with E-state index in [0.29, 0.717) is 19.3 Å². The Bertz CT molecular complexity index is 374. The van der Waals surface area contributed by atoms with Gasteiger partial charge in [0.25, 0.3) is 0 Å². The third kappa shape index (κ3) is 16.7. The predicted octanol–water partition coefficient (Wildman–Crippen LogP) is 2.16. The number of hydrogen-bond acceptors (Lipinski definition) is 4. The molecular weight excluding hydrogens is 347 g/mol. The minimum absolute atomic E-state index is 0. The zero-order valence-corrected chi connectivity index (χ0v) is 19.7. The Labute approximate surface area is 178 Å². The van der Waals surface area contributed by atoms with Gasteiger partial charge in [0.05, 0.1) is 11.4 Å². The van der Waals surface area contributed by atoms with Gasteiger partial charge in [-0.25, -0.2) is 8.42 Å². The fourth-order valence-electron chi connectivity index (χ4n) is 3.15. The second-order valence-electron chi connectivity index (χ2n) is 7.07. The van der Waals surface area contributed by atoms with E-state index in [2.05, 4.69) is 13.8 Å². The summed E-state index contributed by atoms with van der Waals surface area (Å²) in [4.78, 5) is 0. The normalized spacial score (nSPS) is 14.1. The smallest absolute Gasteiger partial charge is 0.748 e. The second-order valence-corrected chi connectivity index (χ2v) is 8.66. The summed E-state index contributed by atoms with van der Waals surface area (Å²) in [6.07, 6.45) is 14.2. The van der Waals surface area contributed by atoms with Gasteiger partial charge in [0.15, 0.2) is 0 Å². The van der Waals surface area contributed by atoms with Crippen LogP contribution in [0.4, 0.5) is 0 Å². The maximum atomic E-state index is 11.4. The molecule has 25 heavy (non-hydrogen) atoms. The molecule has 6 heteroatoms. The Balaban J connectivity index is 0. The number of rotatable bonds is 17. The molecule has 0 aromatic heterocycles. The number of hydrogen-bond donors (Lipinski definition) is 1. The van der Waals surface area contributed by atoms with Crippen molar-refractivity contribution >= 4 is 10.1 Å². The quantitative estimate of drug-likeness (QED) is 0.236. The zero-order chi connectivity index (χ0) is 18.3. The van der Waals surface area contributed by atoms with Crippen LogP contribution in [0, 0.1) is 0 Å². The number of unbranched alkanes of at least 4 members (excludes halogenated alkanes) is 11. The van der Waals surface area contributed by atoms with Crippen molar-refractivity contribution in [2.24, 2.45) is 0 Å². The molecule has 2 unspecified atom stereocenters. The van der Waals surface area contributed by atoms with Crippen LogP contribution in [-0.2, 0) is 10.1 Å². The van der Waals surface area contributed by atoms with Crippen LogP contribution >= 0.6 is 0 Å². The summed E-state index contributed by atoms with van der Waals surface area (Å²) in [5.74, 6) is 0. The first-order chi connectivity index (χ1) is 11.4. The fourth-order valence-corrected chi connectivity index (χ4v) is 4.13. The largest absolute Gasteiger partial charge is 1.00 e. The fraction of sp³-hybridized carbons (Fsp3) is 1.00. The zero-order valence-electron chi connectivity index (χ0n) is 16.8. The molecule has 0 aliphatic carbocycles. The van der Waals surface area contributed by atoms with Crippen molar-refractivity contribution in [2.45, 2.75) is 122 Å². The van der Waals surface area contributed by atoms with Gasteiger partial charge in [-0.2, -0.15) is 0 Å². The van der Waals surface area contributed by atoms with E-state index in [1.165, 1.54) is 44.9 Å². The summed E-state index contributed by atoms with van der Waals surface area (Å²) in [6, 6.07) is 0. The second kappa shape index (κ2) is 18.2. The van der Waals surface area contributed by atoms with Crippen molar-refractivity contribution in [1.82, 2.24) is 0 Å². The molecule has 0 bridgehead atoms. The average molecular weight is 387 g/mol. The van der Waals surface area contributed by atoms with Gasteiger partial charge < -0.3 is 9.66 Å². The van der Waals surface area contributed by atoms with Gasteiger partial charge in [-0.15, -0.1) is 0 Å². The first-order valence-corrected chi connectivity index (χ1v) is 11.5. The van der Waals surface area contributed by atoms with Crippen LogP contribution in [0.25, 0.3) is 0 Å². The Hall–Kier alpha value is 0.870. The monoisotopic (exact) mass is 386 g/mol. The Kier molecular flexibility index (Phi) is 20.5. The van der Waals surface area contributed by atoms with Gasteiger partial charge in [-0.1, -0.05) is 97.3 Å². The molecule has 0 fully saturated rings. The molecule has 4 nitrogen and oxygen atoms in total. The van der Waals surface area contributed by atoms with Crippen LogP contribution in [-0.4, -0.2) is 29.4 Å². The van der Waals surface area contributed by atoms with E-state index in [4.69, 9.17) is 0 Å². The summed E-state index contributed by atoms with van der Waals surface area (Å²) in [5.41, 5.74) is 0. The Morgan fingerprint density at radius 3 is 1.52 bits per heavy atom. The Morgan fingerprint density at radius 1 is 0.720 bits per heavy atom. The molecule has 0 saturated heterocycles. The van der Waals surface area contributed by atoms with Crippen molar-refractivity contribution < 1.29 is 47.6 Å². The van der Waals surface area contributed by atoms with E-state index in [1.807, 2.05) is 0 Å². The number of aliphatic hydroxyl groups is 1. The van der Waals surface area contributed by atoms with E-state index in [9.17, 15) is 18.1 Å². The van der Waals surface area contributed by atoms with E-state index >= 15 is 0 Å². The van der Waals surface area contributed by atoms with Crippen LogP contribution in [0.5, 0.6) is 0 Å². The van der Waals surface area contributed by atoms with Crippen LogP contribution in [0.3, 0.4) is 0 Å². The number of aliphatic hydroxyl groups excluding tert-OH is 1. The summed E-state index contributed by atoms with van der Waals surface area (Å²) in [5, 5.41) is 8.91. The summed E-state index contributed by atoms with van der Waals surface area (Å²) < 4.78 is 34.1. The standard InChI is InChI=1S/C19H40O4S.Na/c1-3-5-7-8-9-10-11-12-13-15-17-19(24(21,22)23)18(20)16-14-6-4-2;/h18-20H,3-17H2,1-2H3,(H,21,22,23);/q;+1/p-1. The third-order valence-electron chi connectivity index (χ3n) is 4.75. The molecule has 1 N–H and O–H groups in total. The van der Waals surface area contributed by atoms with Crippen molar-refractivity contribution in [2.75, 3.05) is 0 Å². The molecule has 0 radical (unpaired) electrons. The van der Waals surface area contributed by atoms with Gasteiger partial charge in [0.2, 0.25) is 0 Å². The van der Waals surface area contributed by atoms with Crippen LogP contribution in [0.1, 0.15) is 110 Å². The molecule has 0 aromatic carbocycles. The topological polar surface area (TPSA) is 77.4 Å². The molecule has 0 spiro atoms. The summed E-state index contributed by atoms with van der Waals surface area (Å²) in [7, 11) is -4.41. The van der Waals surface area contributed by atoms with E-state index < -0.39 is 21.5 Å². The van der Waals surface area contributed by atoms with E-state index in [1.54, 1.807) is 0 Å². The summed E-state index contributed by atoms with van der Waals surface area (Å²) in [6.45, 7) is 4.27. The molecule has 0 aromatic rings. The molecule has 0 aliphatic heterocycles. The molecule has 2 atom stereocenters. The molecule has 0 amide bonds. The van der Waals surface area contributed by atoms with Crippen molar-refractivity contribution in [3.05, 3.63) is 0 Å². The van der Waals surface area contributed by atoms with Gasteiger partial charge in [-0.05, 0) is 12.8 Å². The van der Waals surface area contributed by atoms with Gasteiger partial charge >= 0.3 is 29.6 Å². The molecule has 0 rings (SSSR count). The average Bonchev–Trinajstić information content (AvgIpc) is 2.51. The SMILES string of the molecule is CCCCCCCCCCCCC(C(O)CCCCC)S(=O)(=O)[O-].[Na+]. The molecule has 0 saturated carbocycles. The molecular formula is C19H39NaO4S. The van der Waals surface area contributed by atoms with Crippen molar-refractivity contribution in [1.29, 1.82) is 0 Å². The first kappa shape index (κ1) is 28.1. The first-order valence-electron chi connectivity index (χ1n) is 10.1. The van der Waals surface area contributed by atoms with E-state index in [-0.39, 0.29) is 29.6 Å². The molecule has 0 aliphatic rings. The van der Waals surface area contributed by atoms with Gasteiger partial charge in [0.1, 0.15) is 10.1 Å². The summed E-state index contributed by atoms with van der Waals surface area (Å²) >= 11 is 0. The van der Waals surface area contributed by atoms with Crippen molar-refractivity contribution in [3.8, 4) is 0 Å². The minimum Gasteiger partial charge on any atom is -0.748 e. The minimum atomic E-state index is -4.41. The maximum absolute atomic E-state index is 11.4. The van der Waals surface area contributed by atoms with Crippen LogP contribution in [0.2, 0.25) is 0 Å². The maximum Gasteiger partial charge on any atom is 1.00 e. The van der Waals surface area contributed by atoms with Crippen molar-refractivity contribution in [3.63, 3.8) is 0 Å². The predicted molar refractivity (Wildman–Crippen MR) is 100 cm³/mol.